The maximum Gasteiger partial charge on any atom is 0.265 e. The second kappa shape index (κ2) is 28.4. The highest BCUT2D eigenvalue weighted by Gasteiger charge is 2.73. The van der Waals surface area contributed by atoms with Crippen LogP contribution < -0.4 is 21.3 Å². The summed E-state index contributed by atoms with van der Waals surface area (Å²) in [4.78, 5) is 65.5. The molecule has 4 aliphatic heterocycles. The summed E-state index contributed by atoms with van der Waals surface area (Å²) in [5, 5.41) is 12.5. The molecule has 16 heteroatoms. The van der Waals surface area contributed by atoms with Gasteiger partial charge in [-0.3, -0.25) is 39.1 Å². The van der Waals surface area contributed by atoms with E-state index in [4.69, 9.17) is 0 Å². The van der Waals surface area contributed by atoms with Crippen LogP contribution in [0.5, 0.6) is 0 Å². The van der Waals surface area contributed by atoms with E-state index in [-0.39, 0.29) is 67.4 Å². The largest absolute Gasteiger partial charge is 0.353 e. The van der Waals surface area contributed by atoms with E-state index in [1.807, 2.05) is 30.6 Å². The lowest BCUT2D eigenvalue weighted by atomic mass is 9.45. The first-order valence-electron chi connectivity index (χ1n) is 44.7. The van der Waals surface area contributed by atoms with E-state index in [2.05, 4.69) is 152 Å². The number of aromatic nitrogens is 4. The van der Waals surface area contributed by atoms with Crippen molar-refractivity contribution in [1.29, 1.82) is 0 Å². The molecule has 0 radical (unpaired) electrons. The van der Waals surface area contributed by atoms with Gasteiger partial charge in [0.2, 0.25) is 23.6 Å². The Morgan fingerprint density at radius 1 is 0.457 bits per heavy atom. The van der Waals surface area contributed by atoms with Gasteiger partial charge in [-0.05, 0) is 336 Å². The molecule has 4 N–H and O–H groups in total. The van der Waals surface area contributed by atoms with E-state index in [0.717, 1.165) is 156 Å². The van der Waals surface area contributed by atoms with Crippen LogP contribution in [0.3, 0.4) is 0 Å². The van der Waals surface area contributed by atoms with Crippen molar-refractivity contribution in [2.24, 2.45) is 132 Å². The fourth-order valence-electron chi connectivity index (χ4n) is 30.8. The van der Waals surface area contributed by atoms with Crippen LogP contribution in [0.15, 0.2) is 151 Å². The number of rotatable bonds is 5. The average molecular weight is 1570 g/mol. The summed E-state index contributed by atoms with van der Waals surface area (Å²) < 4.78 is 54.2. The highest BCUT2D eigenvalue weighted by Crippen LogP contribution is 2.78. The molecule has 24 atom stereocenters. The van der Waals surface area contributed by atoms with Gasteiger partial charge in [0, 0.05) is 98.5 Å². The fourth-order valence-corrected chi connectivity index (χ4v) is 30.8. The van der Waals surface area contributed by atoms with Crippen molar-refractivity contribution >= 4 is 45.9 Å². The Morgan fingerprint density at radius 2 is 1.01 bits per heavy atom. The molecule has 12 nitrogen and oxygen atoms in total. The molecule has 22 rings (SSSR count). The van der Waals surface area contributed by atoms with Crippen molar-refractivity contribution in [3.8, 4) is 0 Å². The minimum Gasteiger partial charge on any atom is -0.353 e. The zero-order chi connectivity index (χ0) is 80.6. The molecular weight excluding hydrogens is 1450 g/mol. The van der Waals surface area contributed by atoms with Gasteiger partial charge in [-0.25, -0.2) is 17.6 Å². The lowest BCUT2D eigenvalue weighted by Crippen LogP contribution is -2.53. The van der Waals surface area contributed by atoms with Gasteiger partial charge in [0.25, 0.3) is 6.43 Å². The summed E-state index contributed by atoms with van der Waals surface area (Å²) in [7, 11) is 0. The number of nitrogens with one attached hydrogen (secondary N) is 4. The molecule has 14 aliphatic carbocycles. The van der Waals surface area contributed by atoms with Gasteiger partial charge < -0.3 is 21.3 Å². The third-order valence-electron chi connectivity index (χ3n) is 36.8. The lowest BCUT2D eigenvalue weighted by Gasteiger charge is -2.59. The smallest absolute Gasteiger partial charge is 0.265 e. The minimum absolute atomic E-state index is 0.00437. The topological polar surface area (TPSA) is 168 Å². The molecular formula is C100H120F4N8O4. The Kier molecular flexibility index (Phi) is 19.1. The maximum absolute atomic E-state index is 13.9. The van der Waals surface area contributed by atoms with Crippen LogP contribution in [0, 0.1) is 143 Å². The van der Waals surface area contributed by atoms with Crippen molar-refractivity contribution in [3.63, 3.8) is 0 Å². The number of hydrogen-bond acceptors (Lipinski definition) is 8. The number of allylic oxidation sites excluding steroid dienone is 13. The second-order valence-electron chi connectivity index (χ2n) is 41.5. The zero-order valence-electron chi connectivity index (χ0n) is 69.7. The Hall–Kier alpha value is -7.88. The van der Waals surface area contributed by atoms with Crippen LogP contribution in [-0.2, 0) is 19.2 Å². The summed E-state index contributed by atoms with van der Waals surface area (Å²) in [6.45, 7) is 23.9. The van der Waals surface area contributed by atoms with Crippen molar-refractivity contribution in [2.75, 3.05) is 19.6 Å². The third-order valence-corrected chi connectivity index (χ3v) is 36.8. The van der Waals surface area contributed by atoms with Crippen molar-refractivity contribution < 1.29 is 36.7 Å². The van der Waals surface area contributed by atoms with Crippen molar-refractivity contribution in [1.82, 2.24) is 41.2 Å². The molecule has 4 aromatic rings. The zero-order valence-corrected chi connectivity index (χ0v) is 69.7. The monoisotopic (exact) mass is 1570 g/mol. The van der Waals surface area contributed by atoms with Crippen LogP contribution in [-0.4, -0.2) is 69.2 Å². The molecule has 0 bridgehead atoms. The van der Waals surface area contributed by atoms with E-state index >= 15 is 0 Å². The number of amides is 4. The maximum atomic E-state index is 13.9. The second-order valence-corrected chi connectivity index (χ2v) is 41.5. The number of carbonyl (C=O) groups is 4. The number of carbonyl (C=O) groups excluding carboxylic acids is 4. The number of alkyl halides is 2. The van der Waals surface area contributed by atoms with Crippen LogP contribution in [0.2, 0.25) is 0 Å². The van der Waals surface area contributed by atoms with Crippen molar-refractivity contribution in [3.05, 3.63) is 190 Å². The normalized spacial score (nSPS) is 42.5. The summed E-state index contributed by atoms with van der Waals surface area (Å²) in [6, 6.07) is 9.69. The van der Waals surface area contributed by atoms with Crippen LogP contribution in [0.1, 0.15) is 244 Å². The first kappa shape index (κ1) is 78.0. The Bertz CT molecular complexity index is 4960. The predicted molar refractivity (Wildman–Crippen MR) is 445 cm³/mol. The molecule has 5 unspecified atom stereocenters. The summed E-state index contributed by atoms with van der Waals surface area (Å²) >= 11 is 0. The van der Waals surface area contributed by atoms with Gasteiger partial charge in [0.15, 0.2) is 0 Å². The van der Waals surface area contributed by atoms with Gasteiger partial charge in [-0.1, -0.05) is 121 Å². The number of halogens is 4. The minimum atomic E-state index is -2.49. The molecule has 8 heterocycles. The molecule has 10 saturated carbocycles. The van der Waals surface area contributed by atoms with Gasteiger partial charge in [0.1, 0.15) is 11.6 Å². The summed E-state index contributed by atoms with van der Waals surface area (Å²) in [5.41, 5.74) is 16.4. The van der Waals surface area contributed by atoms with E-state index in [0.29, 0.717) is 87.4 Å². The van der Waals surface area contributed by atoms with Crippen molar-refractivity contribution in [2.45, 2.75) is 222 Å². The SMILES string of the molecule is CC1C[C@H]2C3=CC=C(c4cncc(F)c4)[C@@]3(C)CC[C@@H]2[C@@]2(C)CCNC(=O)C=C12.C[C@]12CCNC(=O)C=C1C1CC1[C@@H]1[C@@H]2CC[C@]2(C)C(c3cncc(F)c3)=CC[C@@H]12.C[C@]12CCNC(=O)C=C1CC[C@@H]1[C@@H]2CC[C@]2(C)C(c3cncc(C(F)F)c3)=CC[C@@H]12.C[C@]12CC[C@H]3[C@@H](CCC45CC4NC(=O)CC[C@]35C)[C@@H]1CC=C2c1cccnc1. The number of fused-ring (bicyclic) bond motifs is 22. The molecule has 11 fully saturated rings. The molecule has 4 amide bonds. The predicted octanol–water partition coefficient (Wildman–Crippen LogP) is 20.5. The summed E-state index contributed by atoms with van der Waals surface area (Å²) in [6.07, 6.45) is 54.1. The lowest BCUT2D eigenvalue weighted by molar-refractivity contribution is -0.122. The Balaban J connectivity index is 0.000000103. The molecule has 612 valence electrons. The average Bonchev–Trinajstić information content (AvgIpc) is 1.51. The molecule has 4 aromatic heterocycles. The third kappa shape index (κ3) is 12.2. The molecule has 18 aliphatic rings. The van der Waals surface area contributed by atoms with E-state index in [9.17, 15) is 36.7 Å². The Labute approximate surface area is 684 Å². The molecule has 1 saturated heterocycles. The highest BCUT2D eigenvalue weighted by molar-refractivity contribution is 5.90. The first-order chi connectivity index (χ1) is 55.5. The van der Waals surface area contributed by atoms with E-state index in [1.54, 1.807) is 36.2 Å². The van der Waals surface area contributed by atoms with Gasteiger partial charge >= 0.3 is 0 Å². The fraction of sp³-hybridized carbons (Fsp3) is 0.600. The van der Waals surface area contributed by atoms with E-state index in [1.165, 1.54) is 115 Å². The van der Waals surface area contributed by atoms with Crippen LogP contribution in [0.25, 0.3) is 22.3 Å². The van der Waals surface area contributed by atoms with Gasteiger partial charge in [-0.2, -0.15) is 0 Å². The van der Waals surface area contributed by atoms with Crippen LogP contribution in [0.4, 0.5) is 17.6 Å². The number of hydrogen-bond donors (Lipinski definition) is 4. The van der Waals surface area contributed by atoms with Gasteiger partial charge in [-0.15, -0.1) is 0 Å². The molecule has 1 spiro atoms. The van der Waals surface area contributed by atoms with Crippen LogP contribution >= 0.6 is 0 Å². The number of nitrogens with zero attached hydrogens (tertiary/aromatic N) is 4. The highest BCUT2D eigenvalue weighted by atomic mass is 19.3. The summed E-state index contributed by atoms with van der Waals surface area (Å²) in [5.74, 6) is 8.89. The van der Waals surface area contributed by atoms with E-state index < -0.39 is 6.43 Å². The Morgan fingerprint density at radius 3 is 1.66 bits per heavy atom. The van der Waals surface area contributed by atoms with Gasteiger partial charge in [0.05, 0.1) is 12.4 Å². The standard InChI is InChI=1S/C25H30F2N2O.2C25H29FN2O.C25H32N2O/c1-24-9-10-29-22(30)12-17(24)3-4-18-20-6-5-19(25(20,2)8-7-21(18)24)15-11-16(23(26)27)14-28-13-15;1-24-6-5-20-23(19(24)4-3-18(24)14-9-15(26)13-27-12-14)17-10-16(17)21-11-22(29)28-8-7-25(20,21)2;1-15-10-18-20-5-4-19(16-11-17(26)14-27-13-16)24(20,2)7-6-21(18)25(3)8-9-28-23(29)12-22(15)25;1-23-10-8-20-17(19(23)6-5-18(23)16-4-3-13-26-15-16)7-12-25-14-21(25)27-22(28)9-11-24(20,25)2/h5,11-14,18,20-21,23H,3-4,6-10H2,1-2H3,(H,29,30);3,9,11-13,16-17,19-20,23H,4-8,10H2,1-2H3,(H,28,29);4-5,11-15,18,21H,6-10H2,1-3H3,(H,28,29);3-5,13,15,17,19-21H,6-12,14H2,1-2H3,(H,27,28)/t18-,20-,21-,24-,25+;16?,17?,19-,20-,23-,24+,25+;15?,18-,21-,24+,25+;17-,19-,20-,21?,23+,24+,25?/m0000/s1. The first-order valence-corrected chi connectivity index (χ1v) is 44.7. The molecule has 116 heavy (non-hydrogen) atoms. The number of pyridine rings is 4. The molecule has 0 aromatic carbocycles. The quantitative estimate of drug-likeness (QED) is 0.143.